The van der Waals surface area contributed by atoms with Crippen LogP contribution in [-0.4, -0.2) is 19.5 Å². The lowest BCUT2D eigenvalue weighted by atomic mass is 10.2. The summed E-state index contributed by atoms with van der Waals surface area (Å²) in [6, 6.07) is 3.44. The normalized spacial score (nSPS) is 11.4. The van der Waals surface area contributed by atoms with E-state index in [0.717, 1.165) is 5.39 Å². The Bertz CT molecular complexity index is 708. The van der Waals surface area contributed by atoms with Crippen molar-refractivity contribution in [3.63, 3.8) is 0 Å². The molecule has 16 heavy (non-hydrogen) atoms. The van der Waals surface area contributed by atoms with Gasteiger partial charge in [-0.15, -0.1) is 0 Å². The van der Waals surface area contributed by atoms with E-state index in [1.54, 1.807) is 22.7 Å². The van der Waals surface area contributed by atoms with E-state index in [2.05, 4.69) is 9.97 Å². The summed E-state index contributed by atoms with van der Waals surface area (Å²) >= 11 is 12.0. The van der Waals surface area contributed by atoms with Gasteiger partial charge in [-0.25, -0.2) is 4.98 Å². The van der Waals surface area contributed by atoms with Gasteiger partial charge in [0.1, 0.15) is 0 Å². The summed E-state index contributed by atoms with van der Waals surface area (Å²) in [5.74, 6) is 0.341. The minimum Gasteiger partial charge on any atom is -0.492 e. The van der Waals surface area contributed by atoms with Gasteiger partial charge in [-0.3, -0.25) is 4.40 Å². The molecule has 0 unspecified atom stereocenters. The van der Waals surface area contributed by atoms with Gasteiger partial charge in [-0.2, -0.15) is 4.98 Å². The monoisotopic (exact) mass is 253 g/mol. The van der Waals surface area contributed by atoms with Crippen molar-refractivity contribution >= 4 is 39.9 Å². The molecule has 0 radical (unpaired) electrons. The topological polar surface area (TPSA) is 50.4 Å². The van der Waals surface area contributed by atoms with Crippen molar-refractivity contribution in [1.29, 1.82) is 0 Å². The Labute approximate surface area is 100 Å². The Morgan fingerprint density at radius 2 is 1.94 bits per heavy atom. The second-order valence-corrected chi connectivity index (χ2v) is 4.13. The first-order valence-corrected chi connectivity index (χ1v) is 5.23. The number of hydrogen-bond donors (Lipinski definition) is 1. The summed E-state index contributed by atoms with van der Waals surface area (Å²) in [4.78, 5) is 8.10. The van der Waals surface area contributed by atoms with Gasteiger partial charge >= 0.3 is 0 Å². The molecule has 0 aliphatic rings. The smallest absolute Gasteiger partial charge is 0.237 e. The molecule has 0 saturated carbocycles. The zero-order valence-electron chi connectivity index (χ0n) is 7.85. The molecular formula is C10H5Cl2N3O. The molecule has 4 nitrogen and oxygen atoms in total. The van der Waals surface area contributed by atoms with Crippen LogP contribution >= 0.6 is 23.2 Å². The predicted molar refractivity (Wildman–Crippen MR) is 62.2 cm³/mol. The van der Waals surface area contributed by atoms with Crippen LogP contribution in [0.5, 0.6) is 5.88 Å². The maximum absolute atomic E-state index is 9.26. The van der Waals surface area contributed by atoms with Crippen LogP contribution in [-0.2, 0) is 0 Å². The number of aromatic nitrogens is 3. The minimum absolute atomic E-state index is 0.0787. The van der Waals surface area contributed by atoms with Crippen LogP contribution in [0, 0.1) is 0 Å². The molecule has 1 N–H and O–H groups in total. The highest BCUT2D eigenvalue weighted by atomic mass is 35.5. The summed E-state index contributed by atoms with van der Waals surface area (Å²) in [7, 11) is 0. The molecule has 2 aromatic heterocycles. The molecule has 0 spiro atoms. The van der Waals surface area contributed by atoms with Crippen LogP contribution in [0.2, 0.25) is 10.0 Å². The van der Waals surface area contributed by atoms with Crippen molar-refractivity contribution in [2.75, 3.05) is 0 Å². The van der Waals surface area contributed by atoms with E-state index in [4.69, 9.17) is 23.2 Å². The van der Waals surface area contributed by atoms with Gasteiger partial charge in [0.05, 0.1) is 21.8 Å². The molecule has 2 heterocycles. The van der Waals surface area contributed by atoms with E-state index in [1.165, 1.54) is 6.20 Å². The molecule has 3 aromatic rings. The summed E-state index contributed by atoms with van der Waals surface area (Å²) < 4.78 is 1.60. The van der Waals surface area contributed by atoms with Gasteiger partial charge < -0.3 is 5.11 Å². The predicted octanol–water partition coefficient (Wildman–Crippen LogP) is 2.89. The molecule has 80 valence electrons. The van der Waals surface area contributed by atoms with Crippen molar-refractivity contribution in [2.24, 2.45) is 0 Å². The number of hydrogen-bond acceptors (Lipinski definition) is 3. The number of imidazole rings is 1. The molecular weight excluding hydrogens is 249 g/mol. The van der Waals surface area contributed by atoms with E-state index in [9.17, 15) is 5.11 Å². The molecule has 0 saturated heterocycles. The van der Waals surface area contributed by atoms with E-state index in [0.29, 0.717) is 21.3 Å². The van der Waals surface area contributed by atoms with Gasteiger partial charge in [0.2, 0.25) is 11.7 Å². The number of rotatable bonds is 0. The largest absolute Gasteiger partial charge is 0.492 e. The SMILES string of the molecule is Oc1cn2cc3c(Cl)c(Cl)ccc3nc2n1. The van der Waals surface area contributed by atoms with Crippen LogP contribution in [0.4, 0.5) is 0 Å². The standard InChI is InChI=1S/C10H5Cl2N3O/c11-6-1-2-7-5(9(6)12)3-15-4-8(16)14-10(15)13-7/h1-4,16H. The van der Waals surface area contributed by atoms with Crippen LogP contribution in [0.25, 0.3) is 16.7 Å². The molecule has 0 atom stereocenters. The van der Waals surface area contributed by atoms with E-state index < -0.39 is 0 Å². The lowest BCUT2D eigenvalue weighted by molar-refractivity contribution is 0.457. The molecule has 0 fully saturated rings. The molecule has 6 heteroatoms. The fourth-order valence-electron chi connectivity index (χ4n) is 1.57. The first-order valence-electron chi connectivity index (χ1n) is 4.47. The van der Waals surface area contributed by atoms with Crippen LogP contribution in [0.3, 0.4) is 0 Å². The van der Waals surface area contributed by atoms with Gasteiger partial charge in [0.25, 0.3) is 0 Å². The Balaban J connectivity index is 2.50. The fourth-order valence-corrected chi connectivity index (χ4v) is 1.95. The number of aromatic hydroxyl groups is 1. The summed E-state index contributed by atoms with van der Waals surface area (Å²) in [5.41, 5.74) is 0.688. The Morgan fingerprint density at radius 3 is 2.75 bits per heavy atom. The molecule has 0 amide bonds. The second kappa shape index (κ2) is 3.23. The molecule has 0 aliphatic carbocycles. The Morgan fingerprint density at radius 1 is 1.12 bits per heavy atom. The summed E-state index contributed by atoms with van der Waals surface area (Å²) in [6.07, 6.45) is 3.19. The third-order valence-electron chi connectivity index (χ3n) is 2.30. The lowest BCUT2D eigenvalue weighted by Gasteiger charge is -2.02. The van der Waals surface area contributed by atoms with Crippen LogP contribution < -0.4 is 0 Å². The van der Waals surface area contributed by atoms with Gasteiger partial charge in [-0.1, -0.05) is 23.2 Å². The van der Waals surface area contributed by atoms with Crippen LogP contribution in [0.1, 0.15) is 0 Å². The van der Waals surface area contributed by atoms with Crippen molar-refractivity contribution in [1.82, 2.24) is 14.4 Å². The first-order chi connectivity index (χ1) is 7.65. The Hall–Kier alpha value is -1.52. The van der Waals surface area contributed by atoms with E-state index >= 15 is 0 Å². The molecule has 0 aliphatic heterocycles. The number of benzene rings is 1. The average molecular weight is 254 g/mol. The first kappa shape index (κ1) is 9.69. The number of halogens is 2. The van der Waals surface area contributed by atoms with E-state index in [-0.39, 0.29) is 5.88 Å². The van der Waals surface area contributed by atoms with Gasteiger partial charge in [0, 0.05) is 11.6 Å². The highest BCUT2D eigenvalue weighted by Crippen LogP contribution is 2.30. The average Bonchev–Trinajstić information content (AvgIpc) is 2.61. The zero-order chi connectivity index (χ0) is 11.3. The number of fused-ring (bicyclic) bond motifs is 2. The summed E-state index contributed by atoms with van der Waals surface area (Å²) in [5, 5.41) is 10.9. The Kier molecular flexibility index (Phi) is 1.96. The van der Waals surface area contributed by atoms with E-state index in [1.807, 2.05) is 0 Å². The lowest BCUT2D eigenvalue weighted by Crippen LogP contribution is -1.89. The second-order valence-electron chi connectivity index (χ2n) is 3.34. The maximum Gasteiger partial charge on any atom is 0.237 e. The van der Waals surface area contributed by atoms with Crippen molar-refractivity contribution in [2.45, 2.75) is 0 Å². The summed E-state index contributed by atoms with van der Waals surface area (Å²) in [6.45, 7) is 0. The fraction of sp³-hybridized carbons (Fsp3) is 0. The third kappa shape index (κ3) is 1.31. The zero-order valence-corrected chi connectivity index (χ0v) is 9.37. The van der Waals surface area contributed by atoms with Crippen LogP contribution in [0.15, 0.2) is 24.5 Å². The van der Waals surface area contributed by atoms with Crippen molar-refractivity contribution in [3.05, 3.63) is 34.6 Å². The quantitative estimate of drug-likeness (QED) is 0.671. The maximum atomic E-state index is 9.26. The van der Waals surface area contributed by atoms with Crippen molar-refractivity contribution < 1.29 is 5.11 Å². The van der Waals surface area contributed by atoms with Gasteiger partial charge in [0.15, 0.2) is 0 Å². The molecule has 3 rings (SSSR count). The third-order valence-corrected chi connectivity index (χ3v) is 3.12. The molecule has 0 bridgehead atoms. The molecule has 1 aromatic carbocycles. The highest BCUT2D eigenvalue weighted by Gasteiger charge is 2.08. The number of nitrogens with zero attached hydrogens (tertiary/aromatic N) is 3. The van der Waals surface area contributed by atoms with Gasteiger partial charge in [-0.05, 0) is 12.1 Å². The minimum atomic E-state index is -0.0787. The highest BCUT2D eigenvalue weighted by molar-refractivity contribution is 6.45. The van der Waals surface area contributed by atoms with Crippen molar-refractivity contribution in [3.8, 4) is 5.88 Å².